The first-order valence-corrected chi connectivity index (χ1v) is 12.3. The first-order valence-electron chi connectivity index (χ1n) is 12.3. The van der Waals surface area contributed by atoms with Crippen molar-refractivity contribution >= 4 is 5.91 Å². The molecular weight excluding hydrogens is 435 g/mol. The molecular formula is C27H35FN2O4. The van der Waals surface area contributed by atoms with Crippen molar-refractivity contribution in [3.63, 3.8) is 0 Å². The molecule has 0 aromatic heterocycles. The number of carbonyl (C=O) groups excluding carboxylic acids is 1. The molecule has 2 saturated heterocycles. The highest BCUT2D eigenvalue weighted by Crippen LogP contribution is 2.26. The van der Waals surface area contributed by atoms with Crippen LogP contribution in [0.15, 0.2) is 48.5 Å². The van der Waals surface area contributed by atoms with E-state index in [2.05, 4.69) is 17.0 Å². The van der Waals surface area contributed by atoms with Gasteiger partial charge in [0, 0.05) is 32.6 Å². The molecule has 0 aliphatic carbocycles. The number of rotatable bonds is 10. The molecule has 1 amide bonds. The van der Waals surface area contributed by atoms with E-state index in [0.29, 0.717) is 25.9 Å². The Morgan fingerprint density at radius 2 is 1.88 bits per heavy atom. The van der Waals surface area contributed by atoms with E-state index in [1.165, 1.54) is 11.6 Å². The van der Waals surface area contributed by atoms with Crippen molar-refractivity contribution in [3.8, 4) is 11.5 Å². The van der Waals surface area contributed by atoms with Crippen LogP contribution in [0.5, 0.6) is 11.5 Å². The first-order chi connectivity index (χ1) is 16.5. The van der Waals surface area contributed by atoms with Gasteiger partial charge in [0.25, 0.3) is 0 Å². The van der Waals surface area contributed by atoms with Gasteiger partial charge in [-0.25, -0.2) is 4.39 Å². The first kappa shape index (κ1) is 24.5. The Morgan fingerprint density at radius 1 is 1.00 bits per heavy atom. The molecule has 0 radical (unpaired) electrons. The third-order valence-electron chi connectivity index (χ3n) is 6.66. The van der Waals surface area contributed by atoms with Crippen molar-refractivity contribution in [2.45, 2.75) is 50.7 Å². The zero-order valence-electron chi connectivity index (χ0n) is 19.8. The Morgan fingerprint density at radius 3 is 2.71 bits per heavy atom. The molecule has 2 aliphatic rings. The highest BCUT2D eigenvalue weighted by Gasteiger charge is 2.31. The lowest BCUT2D eigenvalue weighted by molar-refractivity contribution is -0.127. The van der Waals surface area contributed by atoms with Crippen molar-refractivity contribution in [1.82, 2.24) is 9.80 Å². The Labute approximate surface area is 201 Å². The van der Waals surface area contributed by atoms with Gasteiger partial charge < -0.3 is 19.5 Å². The zero-order valence-corrected chi connectivity index (χ0v) is 19.8. The number of benzene rings is 2. The van der Waals surface area contributed by atoms with Crippen molar-refractivity contribution in [2.24, 2.45) is 0 Å². The number of halogens is 1. The normalized spacial score (nSPS) is 21.5. The number of carbonyl (C=O) groups is 1. The van der Waals surface area contributed by atoms with Crippen LogP contribution in [-0.4, -0.2) is 65.8 Å². The number of amides is 1. The van der Waals surface area contributed by atoms with Gasteiger partial charge >= 0.3 is 0 Å². The van der Waals surface area contributed by atoms with Gasteiger partial charge in [-0.15, -0.1) is 0 Å². The molecule has 2 aromatic rings. The van der Waals surface area contributed by atoms with E-state index < -0.39 is 11.4 Å². The topological polar surface area (TPSA) is 62.2 Å². The fourth-order valence-corrected chi connectivity index (χ4v) is 4.69. The Kier molecular flexibility index (Phi) is 8.40. The van der Waals surface area contributed by atoms with Crippen molar-refractivity contribution < 1.29 is 23.8 Å². The Balaban J connectivity index is 1.22. The summed E-state index contributed by atoms with van der Waals surface area (Å²) in [4.78, 5) is 15.9. The van der Waals surface area contributed by atoms with Crippen molar-refractivity contribution in [3.05, 3.63) is 59.9 Å². The lowest BCUT2D eigenvalue weighted by Gasteiger charge is -2.27. The highest BCUT2D eigenvalue weighted by molar-refractivity contribution is 5.77. The third kappa shape index (κ3) is 6.93. The van der Waals surface area contributed by atoms with Crippen molar-refractivity contribution in [2.75, 3.05) is 39.4 Å². The molecule has 4 rings (SSSR count). The number of hydrogen-bond acceptors (Lipinski definition) is 5. The maximum Gasteiger partial charge on any atom is 0.222 e. The maximum absolute atomic E-state index is 13.8. The molecule has 2 aromatic carbocycles. The summed E-state index contributed by atoms with van der Waals surface area (Å²) in [6.07, 6.45) is 4.52. The van der Waals surface area contributed by atoms with Gasteiger partial charge in [0.1, 0.15) is 12.4 Å². The molecule has 2 heterocycles. The van der Waals surface area contributed by atoms with Gasteiger partial charge in [-0.1, -0.05) is 24.3 Å². The highest BCUT2D eigenvalue weighted by atomic mass is 19.1. The lowest BCUT2D eigenvalue weighted by Crippen LogP contribution is -2.37. The van der Waals surface area contributed by atoms with Crippen LogP contribution in [0.1, 0.15) is 44.1 Å². The summed E-state index contributed by atoms with van der Waals surface area (Å²) in [6, 6.07) is 14.4. The van der Waals surface area contributed by atoms with E-state index in [1.807, 2.05) is 17.0 Å². The van der Waals surface area contributed by atoms with Gasteiger partial charge in [-0.3, -0.25) is 9.69 Å². The summed E-state index contributed by atoms with van der Waals surface area (Å²) in [5.41, 5.74) is 0.207. The second-order valence-corrected chi connectivity index (χ2v) is 9.41. The summed E-state index contributed by atoms with van der Waals surface area (Å²) in [6.45, 7) is 4.72. The monoisotopic (exact) mass is 470 g/mol. The summed E-state index contributed by atoms with van der Waals surface area (Å²) < 4.78 is 25.4. The zero-order chi connectivity index (χ0) is 23.8. The standard InChI is InChI=1S/C27H35FN2O4/c28-24-9-1-2-10-25(24)34-21-27(32)12-5-14-29(17-13-27)20-22-7-3-8-23(19-22)33-18-6-16-30-15-4-11-26(30)31/h1-3,7-10,19,32H,4-6,11-18,20-21H2/t27-/m1/s1. The fraction of sp³-hybridized carbons (Fsp3) is 0.519. The SMILES string of the molecule is O=C1CCCN1CCCOc1cccc(CN2CCC[C@](O)(COc3ccccc3F)CC2)c1. The van der Waals surface area contributed by atoms with Crippen molar-refractivity contribution in [1.29, 1.82) is 0 Å². The number of nitrogens with zero attached hydrogens (tertiary/aromatic N) is 2. The van der Waals surface area contributed by atoms with Crippen LogP contribution in [0.25, 0.3) is 0 Å². The molecule has 0 spiro atoms. The van der Waals surface area contributed by atoms with E-state index in [4.69, 9.17) is 9.47 Å². The third-order valence-corrected chi connectivity index (χ3v) is 6.66. The lowest BCUT2D eigenvalue weighted by atomic mass is 9.96. The number of ether oxygens (including phenoxy) is 2. The average Bonchev–Trinajstić information content (AvgIpc) is 3.15. The molecule has 7 heteroatoms. The van der Waals surface area contributed by atoms with Gasteiger partial charge in [-0.2, -0.15) is 0 Å². The van der Waals surface area contributed by atoms with Gasteiger partial charge in [0.15, 0.2) is 11.6 Å². The number of aliphatic hydroxyl groups is 1. The number of likely N-dealkylation sites (tertiary alicyclic amines) is 2. The molecule has 34 heavy (non-hydrogen) atoms. The minimum Gasteiger partial charge on any atom is -0.494 e. The van der Waals surface area contributed by atoms with Gasteiger partial charge in [0.2, 0.25) is 5.91 Å². The molecule has 1 N–H and O–H groups in total. The van der Waals surface area contributed by atoms with E-state index in [9.17, 15) is 14.3 Å². The molecule has 6 nitrogen and oxygen atoms in total. The van der Waals surface area contributed by atoms with E-state index >= 15 is 0 Å². The number of hydrogen-bond donors (Lipinski definition) is 1. The molecule has 0 bridgehead atoms. The summed E-state index contributed by atoms with van der Waals surface area (Å²) in [7, 11) is 0. The van der Waals surface area contributed by atoms with E-state index in [-0.39, 0.29) is 18.3 Å². The van der Waals surface area contributed by atoms with Crippen LogP contribution in [-0.2, 0) is 11.3 Å². The van der Waals surface area contributed by atoms with Gasteiger partial charge in [-0.05, 0) is 68.5 Å². The largest absolute Gasteiger partial charge is 0.494 e. The summed E-state index contributed by atoms with van der Waals surface area (Å²) >= 11 is 0. The second-order valence-electron chi connectivity index (χ2n) is 9.41. The van der Waals surface area contributed by atoms with Crippen LogP contribution < -0.4 is 9.47 Å². The van der Waals surface area contributed by atoms with Crippen LogP contribution in [0.3, 0.4) is 0 Å². The minimum atomic E-state index is -0.960. The number of para-hydroxylation sites is 1. The maximum atomic E-state index is 13.8. The predicted octanol–water partition coefficient (Wildman–Crippen LogP) is 4.01. The molecule has 2 aliphatic heterocycles. The van der Waals surface area contributed by atoms with E-state index in [1.54, 1.807) is 18.2 Å². The smallest absolute Gasteiger partial charge is 0.222 e. The van der Waals surface area contributed by atoms with Crippen LogP contribution in [0.4, 0.5) is 4.39 Å². The summed E-state index contributed by atoms with van der Waals surface area (Å²) in [5, 5.41) is 11.0. The Bertz CT molecular complexity index is 956. The quantitative estimate of drug-likeness (QED) is 0.532. The molecule has 0 unspecified atom stereocenters. The fourth-order valence-electron chi connectivity index (χ4n) is 4.69. The van der Waals surface area contributed by atoms with E-state index in [0.717, 1.165) is 57.7 Å². The Hall–Kier alpha value is -2.64. The van der Waals surface area contributed by atoms with Crippen LogP contribution in [0, 0.1) is 5.82 Å². The molecule has 184 valence electrons. The average molecular weight is 471 g/mol. The van der Waals surface area contributed by atoms with Crippen LogP contribution >= 0.6 is 0 Å². The molecule has 2 fully saturated rings. The second kappa shape index (κ2) is 11.7. The van der Waals surface area contributed by atoms with Crippen LogP contribution in [0.2, 0.25) is 0 Å². The minimum absolute atomic E-state index is 0.0914. The summed E-state index contributed by atoms with van der Waals surface area (Å²) in [5.74, 6) is 0.869. The predicted molar refractivity (Wildman–Crippen MR) is 128 cm³/mol. The molecule has 0 saturated carbocycles. The molecule has 1 atom stereocenters. The van der Waals surface area contributed by atoms with Gasteiger partial charge in [0.05, 0.1) is 12.2 Å².